The number of hydrogen-bond donors (Lipinski definition) is 2. The van der Waals surface area contributed by atoms with Crippen molar-refractivity contribution in [3.8, 4) is 0 Å². The summed E-state index contributed by atoms with van der Waals surface area (Å²) in [6.07, 6.45) is 10.6. The van der Waals surface area contributed by atoms with Gasteiger partial charge in [0.1, 0.15) is 0 Å². The van der Waals surface area contributed by atoms with Gasteiger partial charge >= 0.3 is 11.9 Å². The van der Waals surface area contributed by atoms with Gasteiger partial charge in [0, 0.05) is 0 Å². The first-order valence-electron chi connectivity index (χ1n) is 9.52. The molecule has 0 bridgehead atoms. The third kappa shape index (κ3) is 6.52. The van der Waals surface area contributed by atoms with E-state index in [2.05, 4.69) is 6.92 Å². The van der Waals surface area contributed by atoms with Crippen molar-refractivity contribution in [2.45, 2.75) is 84.5 Å². The summed E-state index contributed by atoms with van der Waals surface area (Å²) in [5.41, 5.74) is 1.49. The summed E-state index contributed by atoms with van der Waals surface area (Å²) in [5.74, 6) is -2.36. The van der Waals surface area contributed by atoms with Crippen molar-refractivity contribution in [1.29, 1.82) is 0 Å². The second-order valence-electron chi connectivity index (χ2n) is 7.05. The zero-order valence-electron chi connectivity index (χ0n) is 15.8. The molecule has 1 aromatic carbocycles. The van der Waals surface area contributed by atoms with Gasteiger partial charge in [0.15, 0.2) is 0 Å². The Labute approximate surface area is 151 Å². The summed E-state index contributed by atoms with van der Waals surface area (Å²) in [5, 5.41) is 18.8. The summed E-state index contributed by atoms with van der Waals surface area (Å²) < 4.78 is 0. The maximum absolute atomic E-state index is 11.6. The maximum atomic E-state index is 11.6. The van der Waals surface area contributed by atoms with E-state index in [4.69, 9.17) is 0 Å². The summed E-state index contributed by atoms with van der Waals surface area (Å²) in [6, 6.07) is 3.24. The van der Waals surface area contributed by atoms with Crippen LogP contribution in [0.1, 0.15) is 110 Å². The van der Waals surface area contributed by atoms with Gasteiger partial charge in [0.05, 0.1) is 11.1 Å². The monoisotopic (exact) mass is 348 g/mol. The van der Waals surface area contributed by atoms with Crippen LogP contribution in [0, 0.1) is 0 Å². The van der Waals surface area contributed by atoms with Gasteiger partial charge in [-0.2, -0.15) is 0 Å². The summed E-state index contributed by atoms with van der Waals surface area (Å²) >= 11 is 0. The molecule has 0 aliphatic rings. The van der Waals surface area contributed by atoms with Gasteiger partial charge in [0.25, 0.3) is 0 Å². The Balaban J connectivity index is 2.75. The molecule has 2 N–H and O–H groups in total. The van der Waals surface area contributed by atoms with Crippen LogP contribution in [-0.2, 0) is 6.42 Å². The molecule has 0 radical (unpaired) electrons. The number of carboxylic acids is 2. The Hall–Kier alpha value is -1.84. The highest BCUT2D eigenvalue weighted by atomic mass is 16.4. The van der Waals surface area contributed by atoms with Gasteiger partial charge in [-0.1, -0.05) is 71.8 Å². The van der Waals surface area contributed by atoms with Crippen LogP contribution in [0.4, 0.5) is 0 Å². The molecule has 0 unspecified atom stereocenters. The highest BCUT2D eigenvalue weighted by molar-refractivity contribution is 6.03. The summed E-state index contributed by atoms with van der Waals surface area (Å²) in [6.45, 7) is 6.06. The number of aryl methyl sites for hydroxylation is 1. The first-order valence-corrected chi connectivity index (χ1v) is 9.52. The molecule has 0 aromatic heterocycles. The third-order valence-electron chi connectivity index (χ3n) is 4.66. The van der Waals surface area contributed by atoms with Crippen LogP contribution < -0.4 is 0 Å². The summed E-state index contributed by atoms with van der Waals surface area (Å²) in [7, 11) is 0. The van der Waals surface area contributed by atoms with E-state index in [9.17, 15) is 19.8 Å². The van der Waals surface area contributed by atoms with E-state index >= 15 is 0 Å². The fourth-order valence-electron chi connectivity index (χ4n) is 3.40. The van der Waals surface area contributed by atoms with Crippen molar-refractivity contribution in [2.75, 3.05) is 0 Å². The van der Waals surface area contributed by atoms with Gasteiger partial charge in [-0.25, -0.2) is 9.59 Å². The lowest BCUT2D eigenvalue weighted by atomic mass is 9.86. The predicted molar refractivity (Wildman–Crippen MR) is 101 cm³/mol. The molecular formula is C21H32O4. The van der Waals surface area contributed by atoms with Gasteiger partial charge in [-0.3, -0.25) is 0 Å². The van der Waals surface area contributed by atoms with Crippen molar-refractivity contribution < 1.29 is 19.8 Å². The Morgan fingerprint density at radius 2 is 1.44 bits per heavy atom. The van der Waals surface area contributed by atoms with Crippen molar-refractivity contribution in [3.05, 3.63) is 34.4 Å². The first kappa shape index (κ1) is 21.2. The van der Waals surface area contributed by atoms with E-state index in [0.29, 0.717) is 5.56 Å². The maximum Gasteiger partial charge on any atom is 0.336 e. The van der Waals surface area contributed by atoms with E-state index in [1.807, 2.05) is 13.8 Å². The smallest absolute Gasteiger partial charge is 0.336 e. The van der Waals surface area contributed by atoms with Crippen LogP contribution in [-0.4, -0.2) is 22.2 Å². The van der Waals surface area contributed by atoms with Crippen LogP contribution in [0.25, 0.3) is 0 Å². The number of carbonyl (C=O) groups is 2. The fraction of sp³-hybridized carbons (Fsp3) is 0.619. The second kappa shape index (κ2) is 10.9. The SMILES string of the molecule is CCCCCCCCCCc1ccc(C(=O)O)c(C(=O)O)c1C(C)C. The van der Waals surface area contributed by atoms with Crippen LogP contribution >= 0.6 is 0 Å². The molecule has 140 valence electrons. The Kier molecular flexibility index (Phi) is 9.25. The molecule has 25 heavy (non-hydrogen) atoms. The van der Waals surface area contributed by atoms with Crippen molar-refractivity contribution in [2.24, 2.45) is 0 Å². The molecule has 4 heteroatoms. The minimum atomic E-state index is -1.18. The molecule has 1 rings (SSSR count). The number of carboxylic acid groups (broad SMARTS) is 2. The van der Waals surface area contributed by atoms with Gasteiger partial charge in [-0.15, -0.1) is 0 Å². The van der Waals surface area contributed by atoms with Crippen molar-refractivity contribution in [3.63, 3.8) is 0 Å². The van der Waals surface area contributed by atoms with Crippen LogP contribution in [0.2, 0.25) is 0 Å². The summed E-state index contributed by atoms with van der Waals surface area (Å²) in [4.78, 5) is 23.0. The minimum absolute atomic E-state index is 0.0190. The topological polar surface area (TPSA) is 74.6 Å². The Bertz CT molecular complexity index is 576. The largest absolute Gasteiger partial charge is 0.478 e. The zero-order chi connectivity index (χ0) is 18.8. The molecular weight excluding hydrogens is 316 g/mol. The van der Waals surface area contributed by atoms with Crippen molar-refractivity contribution in [1.82, 2.24) is 0 Å². The molecule has 4 nitrogen and oxygen atoms in total. The van der Waals surface area contributed by atoms with Gasteiger partial charge in [-0.05, 0) is 36.0 Å². The first-order chi connectivity index (χ1) is 11.9. The number of aromatic carboxylic acids is 2. The lowest BCUT2D eigenvalue weighted by Gasteiger charge is -2.18. The van der Waals surface area contributed by atoms with Crippen LogP contribution in [0.3, 0.4) is 0 Å². The van der Waals surface area contributed by atoms with Crippen LogP contribution in [0.15, 0.2) is 12.1 Å². The fourth-order valence-corrected chi connectivity index (χ4v) is 3.40. The van der Waals surface area contributed by atoms with E-state index in [1.54, 1.807) is 6.07 Å². The number of hydrogen-bond acceptors (Lipinski definition) is 2. The molecule has 0 atom stereocenters. The molecule has 0 heterocycles. The average molecular weight is 348 g/mol. The normalized spacial score (nSPS) is 11.0. The number of unbranched alkanes of at least 4 members (excludes halogenated alkanes) is 7. The Morgan fingerprint density at radius 3 is 1.92 bits per heavy atom. The zero-order valence-corrected chi connectivity index (χ0v) is 15.8. The molecule has 0 aliphatic carbocycles. The van der Waals surface area contributed by atoms with Gasteiger partial charge < -0.3 is 10.2 Å². The third-order valence-corrected chi connectivity index (χ3v) is 4.66. The standard InChI is InChI=1S/C21H32O4/c1-4-5-6-7-8-9-10-11-12-16-13-14-17(20(22)23)19(21(24)25)18(16)15(2)3/h13-15H,4-12H2,1-3H3,(H,22,23)(H,24,25). The second-order valence-corrected chi connectivity index (χ2v) is 7.05. The quantitative estimate of drug-likeness (QED) is 0.462. The van der Waals surface area contributed by atoms with E-state index in [-0.39, 0.29) is 17.0 Å². The van der Waals surface area contributed by atoms with E-state index in [1.165, 1.54) is 44.6 Å². The average Bonchev–Trinajstić information content (AvgIpc) is 2.55. The molecule has 0 saturated carbocycles. The highest BCUT2D eigenvalue weighted by Gasteiger charge is 2.24. The molecule has 0 aliphatic heterocycles. The predicted octanol–water partition coefficient (Wildman–Crippen LogP) is 5.89. The lowest BCUT2D eigenvalue weighted by Crippen LogP contribution is -2.14. The van der Waals surface area contributed by atoms with Crippen LogP contribution in [0.5, 0.6) is 0 Å². The van der Waals surface area contributed by atoms with Crippen molar-refractivity contribution >= 4 is 11.9 Å². The minimum Gasteiger partial charge on any atom is -0.478 e. The molecule has 0 fully saturated rings. The molecule has 1 aromatic rings. The van der Waals surface area contributed by atoms with E-state index < -0.39 is 11.9 Å². The number of rotatable bonds is 12. The van der Waals surface area contributed by atoms with E-state index in [0.717, 1.165) is 24.8 Å². The lowest BCUT2D eigenvalue weighted by molar-refractivity contribution is 0.0650. The number of benzene rings is 1. The van der Waals surface area contributed by atoms with Gasteiger partial charge in [0.2, 0.25) is 0 Å². The molecule has 0 saturated heterocycles. The Morgan fingerprint density at radius 1 is 0.880 bits per heavy atom. The molecule has 0 spiro atoms. The molecule has 0 amide bonds. The highest BCUT2D eigenvalue weighted by Crippen LogP contribution is 2.28.